The van der Waals surface area contributed by atoms with Gasteiger partial charge in [-0.15, -0.1) is 0 Å². The summed E-state index contributed by atoms with van der Waals surface area (Å²) in [6.07, 6.45) is 1.94. The summed E-state index contributed by atoms with van der Waals surface area (Å²) in [5.41, 5.74) is -0.206. The highest BCUT2D eigenvalue weighted by Gasteiger charge is 2.24. The molecular formula is C29H49N3O9. The van der Waals surface area contributed by atoms with Crippen molar-refractivity contribution in [1.29, 1.82) is 0 Å². The molecular weight excluding hydrogens is 534 g/mol. The molecule has 0 saturated carbocycles. The molecule has 0 heterocycles. The maximum Gasteiger partial charge on any atom is 0.407 e. The zero-order valence-electron chi connectivity index (χ0n) is 25.9. The van der Waals surface area contributed by atoms with E-state index in [2.05, 4.69) is 10.6 Å². The predicted molar refractivity (Wildman–Crippen MR) is 156 cm³/mol. The number of carbonyl (C=O) groups is 2. The molecule has 0 radical (unpaired) electrons. The van der Waals surface area contributed by atoms with Gasteiger partial charge in [0, 0.05) is 31.5 Å². The van der Waals surface area contributed by atoms with Crippen LogP contribution in [0.25, 0.3) is 0 Å². The van der Waals surface area contributed by atoms with E-state index in [4.69, 9.17) is 23.7 Å². The normalized spacial score (nSPS) is 11.7. The van der Waals surface area contributed by atoms with Gasteiger partial charge in [-0.05, 0) is 66.9 Å². The van der Waals surface area contributed by atoms with E-state index in [1.165, 1.54) is 13.2 Å². The Morgan fingerprint density at radius 2 is 1.63 bits per heavy atom. The first-order chi connectivity index (χ1) is 19.2. The van der Waals surface area contributed by atoms with E-state index < -0.39 is 16.6 Å². The molecule has 41 heavy (non-hydrogen) atoms. The van der Waals surface area contributed by atoms with E-state index in [1.807, 2.05) is 48.5 Å². The van der Waals surface area contributed by atoms with Crippen LogP contribution in [0.4, 0.5) is 10.5 Å². The molecule has 0 bridgehead atoms. The van der Waals surface area contributed by atoms with Gasteiger partial charge in [0.1, 0.15) is 0 Å². The van der Waals surface area contributed by atoms with Crippen molar-refractivity contribution in [3.63, 3.8) is 0 Å². The molecule has 1 rings (SSSR count). The van der Waals surface area contributed by atoms with E-state index >= 15 is 0 Å². The second-order valence-electron chi connectivity index (χ2n) is 11.1. The Morgan fingerprint density at radius 1 is 0.976 bits per heavy atom. The van der Waals surface area contributed by atoms with Gasteiger partial charge in [-0.25, -0.2) is 4.79 Å². The molecule has 0 aromatic heterocycles. The summed E-state index contributed by atoms with van der Waals surface area (Å²) in [6, 6.07) is 2.95. The Bertz CT molecular complexity index is 981. The molecule has 12 heteroatoms. The number of rotatable bonds is 20. The lowest BCUT2D eigenvalue weighted by molar-refractivity contribution is -0.385. The molecule has 2 amide bonds. The van der Waals surface area contributed by atoms with Gasteiger partial charge in [0.25, 0.3) is 5.69 Å². The Labute approximate surface area is 243 Å². The molecule has 0 saturated heterocycles. The minimum Gasteiger partial charge on any atom is -0.493 e. The maximum absolute atomic E-state index is 12.1. The number of benzene rings is 1. The van der Waals surface area contributed by atoms with Crippen LogP contribution in [0.1, 0.15) is 79.7 Å². The fourth-order valence-corrected chi connectivity index (χ4v) is 3.97. The van der Waals surface area contributed by atoms with Crippen molar-refractivity contribution in [2.24, 2.45) is 0 Å². The Balaban J connectivity index is 2.23. The maximum atomic E-state index is 12.1. The van der Waals surface area contributed by atoms with Gasteiger partial charge in [-0.1, -0.05) is 6.92 Å². The number of alkyl carbamates (subject to hydrolysis) is 1. The number of nitro groups is 1. The first kappa shape index (κ1) is 35.9. The highest BCUT2D eigenvalue weighted by molar-refractivity contribution is 5.75. The first-order valence-electron chi connectivity index (χ1n) is 14.2. The minimum atomic E-state index is -0.563. The van der Waals surface area contributed by atoms with Gasteiger partial charge in [0.2, 0.25) is 5.91 Å². The van der Waals surface area contributed by atoms with E-state index in [-0.39, 0.29) is 61.8 Å². The van der Waals surface area contributed by atoms with Crippen LogP contribution in [-0.2, 0) is 25.4 Å². The third-order valence-electron chi connectivity index (χ3n) is 6.15. The quantitative estimate of drug-likeness (QED) is 0.124. The lowest BCUT2D eigenvalue weighted by Crippen LogP contribution is -2.36. The fourth-order valence-electron chi connectivity index (χ4n) is 3.97. The molecule has 234 valence electrons. The molecule has 1 aromatic carbocycles. The number of nitrogens with zero attached hydrogens (tertiary/aromatic N) is 1. The molecule has 0 spiro atoms. The van der Waals surface area contributed by atoms with Crippen molar-refractivity contribution in [3.05, 3.63) is 27.8 Å². The van der Waals surface area contributed by atoms with Gasteiger partial charge in [0.05, 0.1) is 55.2 Å². The highest BCUT2D eigenvalue weighted by Crippen LogP contribution is 2.35. The summed E-state index contributed by atoms with van der Waals surface area (Å²) >= 11 is 0. The summed E-state index contributed by atoms with van der Waals surface area (Å²) < 4.78 is 28.0. The lowest BCUT2D eigenvalue weighted by Gasteiger charge is -2.31. The first-order valence-corrected chi connectivity index (χ1v) is 14.2. The predicted octanol–water partition coefficient (Wildman–Crippen LogP) is 4.95. The van der Waals surface area contributed by atoms with E-state index in [0.717, 1.165) is 6.42 Å². The van der Waals surface area contributed by atoms with Crippen molar-refractivity contribution in [2.75, 3.05) is 40.0 Å². The number of carbonyl (C=O) groups excluding carboxylic acids is 2. The highest BCUT2D eigenvalue weighted by atomic mass is 16.6. The molecule has 0 aliphatic rings. The van der Waals surface area contributed by atoms with Crippen LogP contribution in [0.5, 0.6) is 11.5 Å². The number of nitrogens with one attached hydrogen (secondary N) is 2. The van der Waals surface area contributed by atoms with E-state index in [0.29, 0.717) is 37.2 Å². The molecule has 0 aliphatic carbocycles. The van der Waals surface area contributed by atoms with Crippen molar-refractivity contribution in [1.82, 2.24) is 10.6 Å². The van der Waals surface area contributed by atoms with Crippen LogP contribution in [0, 0.1) is 10.1 Å². The second kappa shape index (κ2) is 17.6. The van der Waals surface area contributed by atoms with Crippen LogP contribution < -0.4 is 20.1 Å². The van der Waals surface area contributed by atoms with Crippen LogP contribution in [-0.4, -0.2) is 74.2 Å². The second-order valence-corrected chi connectivity index (χ2v) is 11.1. The third-order valence-corrected chi connectivity index (χ3v) is 6.15. The molecule has 12 nitrogen and oxygen atoms in total. The van der Waals surface area contributed by atoms with Crippen molar-refractivity contribution in [3.8, 4) is 11.5 Å². The third kappa shape index (κ3) is 14.9. The van der Waals surface area contributed by atoms with Crippen molar-refractivity contribution < 1.29 is 38.2 Å². The Kier molecular flexibility index (Phi) is 15.4. The summed E-state index contributed by atoms with van der Waals surface area (Å²) in [6.45, 7) is 15.2. The summed E-state index contributed by atoms with van der Waals surface area (Å²) in [4.78, 5) is 34.9. The zero-order valence-corrected chi connectivity index (χ0v) is 25.9. The molecule has 0 atom stereocenters. The molecule has 1 aromatic rings. The van der Waals surface area contributed by atoms with E-state index in [1.54, 1.807) is 6.07 Å². The van der Waals surface area contributed by atoms with Gasteiger partial charge in [0.15, 0.2) is 11.5 Å². The monoisotopic (exact) mass is 583 g/mol. The smallest absolute Gasteiger partial charge is 0.407 e. The summed E-state index contributed by atoms with van der Waals surface area (Å²) in [5.74, 6) is 0.459. The van der Waals surface area contributed by atoms with Crippen LogP contribution in [0.3, 0.4) is 0 Å². The van der Waals surface area contributed by atoms with Crippen molar-refractivity contribution >= 4 is 17.7 Å². The molecule has 0 unspecified atom stereocenters. The summed E-state index contributed by atoms with van der Waals surface area (Å²) in [5, 5.41) is 16.6. The number of hydrogen-bond acceptors (Lipinski definition) is 9. The average molecular weight is 584 g/mol. The van der Waals surface area contributed by atoms with Crippen LogP contribution >= 0.6 is 0 Å². The zero-order chi connectivity index (χ0) is 31.1. The number of ether oxygens (including phenoxy) is 5. The van der Waals surface area contributed by atoms with Gasteiger partial charge >= 0.3 is 6.09 Å². The number of methoxy groups -OCH3 is 1. The Morgan fingerprint density at radius 3 is 2.24 bits per heavy atom. The standard InChI is InChI=1S/C29H49N3O9/c1-9-22-19-24(37-8)25(20-23(22)32(35)36)38-16-10-11-26(33)30-14-15-31-27(34)39-17-12-28(4,5)40-18-13-29(6,7)41-21(2)3/h19-21H,9-18H2,1-8H3,(H,30,33)(H,31,34). The molecule has 2 N–H and O–H groups in total. The van der Waals surface area contributed by atoms with Crippen LogP contribution in [0.15, 0.2) is 12.1 Å². The number of aryl methyl sites for hydroxylation is 1. The Hall–Kier alpha value is -3.12. The molecule has 0 fully saturated rings. The van der Waals surface area contributed by atoms with Gasteiger partial charge in [-0.2, -0.15) is 0 Å². The average Bonchev–Trinajstić information content (AvgIpc) is 2.87. The largest absolute Gasteiger partial charge is 0.493 e. The SMILES string of the molecule is CCc1cc(OC)c(OCCCC(=O)NCCNC(=O)OCCC(C)(C)OCCC(C)(C)OC(C)C)cc1[N+](=O)[O-]. The fraction of sp³-hybridized carbons (Fsp3) is 0.724. The topological polar surface area (TPSA) is 147 Å². The van der Waals surface area contributed by atoms with Gasteiger partial charge in [-0.3, -0.25) is 14.9 Å². The number of amides is 2. The lowest BCUT2D eigenvalue weighted by atomic mass is 10.0. The summed E-state index contributed by atoms with van der Waals surface area (Å²) in [7, 11) is 1.47. The van der Waals surface area contributed by atoms with Gasteiger partial charge < -0.3 is 34.3 Å². The number of hydrogen-bond donors (Lipinski definition) is 2. The van der Waals surface area contributed by atoms with Crippen LogP contribution in [0.2, 0.25) is 0 Å². The molecule has 0 aliphatic heterocycles. The minimum absolute atomic E-state index is 0.0312. The number of nitro benzene ring substituents is 1. The van der Waals surface area contributed by atoms with Crippen molar-refractivity contribution in [2.45, 2.75) is 97.9 Å². The van der Waals surface area contributed by atoms with E-state index in [9.17, 15) is 19.7 Å².